The lowest BCUT2D eigenvalue weighted by atomic mass is 10.1. The number of benzene rings is 2. The summed E-state index contributed by atoms with van der Waals surface area (Å²) in [6.07, 6.45) is 0. The van der Waals surface area contributed by atoms with E-state index in [2.05, 4.69) is 0 Å². The number of aryl methyl sites for hydroxylation is 1. The first kappa shape index (κ1) is 14.2. The van der Waals surface area contributed by atoms with Crippen LogP contribution in [0.25, 0.3) is 0 Å². The largest absolute Gasteiger partial charge is 0.322 e. The Bertz CT molecular complexity index is 578. The first-order valence-electron chi connectivity index (χ1n) is 6.41. The summed E-state index contributed by atoms with van der Waals surface area (Å²) in [5, 5.41) is 0. The number of anilines is 1. The first-order chi connectivity index (χ1) is 9.60. The van der Waals surface area contributed by atoms with Crippen molar-refractivity contribution in [2.75, 3.05) is 11.4 Å². The van der Waals surface area contributed by atoms with Crippen LogP contribution in [0.5, 0.6) is 0 Å². The third-order valence-corrected chi connectivity index (χ3v) is 3.08. The van der Waals surface area contributed by atoms with Crippen molar-refractivity contribution in [1.82, 2.24) is 0 Å². The van der Waals surface area contributed by atoms with Gasteiger partial charge in [-0.3, -0.25) is 4.79 Å². The molecule has 3 nitrogen and oxygen atoms in total. The molecule has 2 aromatic rings. The Hall–Kier alpha value is -2.20. The molecule has 0 radical (unpaired) electrons. The van der Waals surface area contributed by atoms with Gasteiger partial charge in [-0.1, -0.05) is 29.8 Å². The van der Waals surface area contributed by atoms with Crippen LogP contribution < -0.4 is 10.6 Å². The highest BCUT2D eigenvalue weighted by Gasteiger charge is 2.14. The number of carbonyl (C=O) groups is 1. The maximum atomic E-state index is 13.0. The molecule has 0 saturated heterocycles. The summed E-state index contributed by atoms with van der Waals surface area (Å²) >= 11 is 0. The van der Waals surface area contributed by atoms with Crippen LogP contribution in [0, 0.1) is 12.7 Å². The van der Waals surface area contributed by atoms with Crippen LogP contribution in [0.2, 0.25) is 0 Å². The average molecular weight is 272 g/mol. The molecule has 0 atom stereocenters. The fourth-order valence-corrected chi connectivity index (χ4v) is 1.93. The molecule has 1 amide bonds. The predicted octanol–water partition coefficient (Wildman–Crippen LogP) is 2.63. The Morgan fingerprint density at radius 3 is 2.25 bits per heavy atom. The second-order valence-corrected chi connectivity index (χ2v) is 4.65. The Balaban J connectivity index is 2.26. The van der Waals surface area contributed by atoms with Gasteiger partial charge in [-0.25, -0.2) is 4.39 Å². The Morgan fingerprint density at radius 1 is 1.10 bits per heavy atom. The summed E-state index contributed by atoms with van der Waals surface area (Å²) < 4.78 is 13.0. The van der Waals surface area contributed by atoms with Gasteiger partial charge in [0.25, 0.3) is 0 Å². The molecule has 0 aliphatic rings. The Labute approximate surface area is 117 Å². The minimum absolute atomic E-state index is 0.0801. The number of amides is 1. The second-order valence-electron chi connectivity index (χ2n) is 4.65. The number of hydrogen-bond donors (Lipinski definition) is 1. The lowest BCUT2D eigenvalue weighted by Crippen LogP contribution is -2.35. The number of halogens is 1. The quantitative estimate of drug-likeness (QED) is 0.930. The summed E-state index contributed by atoms with van der Waals surface area (Å²) in [7, 11) is 0. The van der Waals surface area contributed by atoms with Crippen molar-refractivity contribution in [2.45, 2.75) is 13.5 Å². The van der Waals surface area contributed by atoms with E-state index in [9.17, 15) is 9.18 Å². The monoisotopic (exact) mass is 272 g/mol. The molecule has 20 heavy (non-hydrogen) atoms. The van der Waals surface area contributed by atoms with E-state index in [-0.39, 0.29) is 18.3 Å². The van der Waals surface area contributed by atoms with E-state index in [1.807, 2.05) is 31.2 Å². The van der Waals surface area contributed by atoms with Crippen molar-refractivity contribution in [2.24, 2.45) is 5.73 Å². The fraction of sp³-hybridized carbons (Fsp3) is 0.188. The van der Waals surface area contributed by atoms with Crippen molar-refractivity contribution in [3.8, 4) is 0 Å². The summed E-state index contributed by atoms with van der Waals surface area (Å²) in [4.78, 5) is 13.5. The Kier molecular flexibility index (Phi) is 4.48. The number of hydrogen-bond acceptors (Lipinski definition) is 2. The van der Waals surface area contributed by atoms with Gasteiger partial charge in [-0.05, 0) is 36.8 Å². The zero-order chi connectivity index (χ0) is 14.5. The van der Waals surface area contributed by atoms with Gasteiger partial charge >= 0.3 is 0 Å². The van der Waals surface area contributed by atoms with Gasteiger partial charge in [0, 0.05) is 5.69 Å². The smallest absolute Gasteiger partial charge is 0.241 e. The molecule has 2 aromatic carbocycles. The van der Waals surface area contributed by atoms with Gasteiger partial charge in [0.2, 0.25) is 5.91 Å². The van der Waals surface area contributed by atoms with Crippen LogP contribution in [-0.4, -0.2) is 12.5 Å². The van der Waals surface area contributed by atoms with Crippen molar-refractivity contribution < 1.29 is 9.18 Å². The van der Waals surface area contributed by atoms with Crippen molar-refractivity contribution in [3.05, 3.63) is 65.5 Å². The van der Waals surface area contributed by atoms with E-state index in [1.165, 1.54) is 12.1 Å². The predicted molar refractivity (Wildman–Crippen MR) is 77.8 cm³/mol. The van der Waals surface area contributed by atoms with E-state index in [0.29, 0.717) is 12.2 Å². The SMILES string of the molecule is Cc1ccc(CN(C(=O)CN)c2ccc(F)cc2)cc1. The minimum Gasteiger partial charge on any atom is -0.322 e. The van der Waals surface area contributed by atoms with Crippen LogP contribution in [0.1, 0.15) is 11.1 Å². The average Bonchev–Trinajstić information content (AvgIpc) is 2.47. The molecule has 0 aliphatic carbocycles. The zero-order valence-electron chi connectivity index (χ0n) is 11.3. The van der Waals surface area contributed by atoms with Crippen molar-refractivity contribution >= 4 is 11.6 Å². The molecule has 2 rings (SSSR count). The van der Waals surface area contributed by atoms with Crippen molar-refractivity contribution in [1.29, 1.82) is 0 Å². The molecule has 0 aromatic heterocycles. The number of nitrogens with zero attached hydrogens (tertiary/aromatic N) is 1. The summed E-state index contributed by atoms with van der Waals surface area (Å²) in [5.41, 5.74) is 8.25. The fourth-order valence-electron chi connectivity index (χ4n) is 1.93. The molecule has 0 spiro atoms. The molecule has 4 heteroatoms. The van der Waals surface area contributed by atoms with Crippen molar-refractivity contribution in [3.63, 3.8) is 0 Å². The zero-order valence-corrected chi connectivity index (χ0v) is 11.3. The van der Waals surface area contributed by atoms with Crippen LogP contribution >= 0.6 is 0 Å². The molecular weight excluding hydrogens is 255 g/mol. The third-order valence-electron chi connectivity index (χ3n) is 3.08. The van der Waals surface area contributed by atoms with Gasteiger partial charge in [-0.2, -0.15) is 0 Å². The van der Waals surface area contributed by atoms with Gasteiger partial charge in [0.15, 0.2) is 0 Å². The van der Waals surface area contributed by atoms with Gasteiger partial charge in [-0.15, -0.1) is 0 Å². The Morgan fingerprint density at radius 2 is 1.70 bits per heavy atom. The number of rotatable bonds is 4. The summed E-state index contributed by atoms with van der Waals surface area (Å²) in [5.74, 6) is -0.526. The molecule has 0 aliphatic heterocycles. The molecule has 0 heterocycles. The van der Waals surface area contributed by atoms with Crippen LogP contribution in [0.4, 0.5) is 10.1 Å². The highest BCUT2D eigenvalue weighted by Crippen LogP contribution is 2.18. The lowest BCUT2D eigenvalue weighted by molar-refractivity contribution is -0.117. The topological polar surface area (TPSA) is 46.3 Å². The van der Waals surface area contributed by atoms with Crippen LogP contribution in [0.15, 0.2) is 48.5 Å². The summed E-state index contributed by atoms with van der Waals surface area (Å²) in [6.45, 7) is 2.34. The lowest BCUT2D eigenvalue weighted by Gasteiger charge is -2.22. The normalized spacial score (nSPS) is 10.3. The first-order valence-corrected chi connectivity index (χ1v) is 6.41. The van der Waals surface area contributed by atoms with Gasteiger partial charge in [0.1, 0.15) is 5.82 Å². The van der Waals surface area contributed by atoms with E-state index >= 15 is 0 Å². The van der Waals surface area contributed by atoms with Crippen LogP contribution in [0.3, 0.4) is 0 Å². The molecule has 104 valence electrons. The number of carbonyl (C=O) groups excluding carboxylic acids is 1. The van der Waals surface area contributed by atoms with E-state index < -0.39 is 0 Å². The minimum atomic E-state index is -0.329. The highest BCUT2D eigenvalue weighted by atomic mass is 19.1. The van der Waals surface area contributed by atoms with Gasteiger partial charge < -0.3 is 10.6 Å². The van der Waals surface area contributed by atoms with Gasteiger partial charge in [0.05, 0.1) is 13.1 Å². The maximum absolute atomic E-state index is 13.0. The molecule has 0 fully saturated rings. The molecular formula is C16H17FN2O. The molecule has 0 bridgehead atoms. The number of nitrogens with two attached hydrogens (primary N) is 1. The standard InChI is InChI=1S/C16H17FN2O/c1-12-2-4-13(5-3-12)11-19(16(20)10-18)15-8-6-14(17)7-9-15/h2-9H,10-11,18H2,1H3. The molecule has 2 N–H and O–H groups in total. The van der Waals surface area contributed by atoms with E-state index in [4.69, 9.17) is 5.73 Å². The van der Waals surface area contributed by atoms with Crippen LogP contribution in [-0.2, 0) is 11.3 Å². The maximum Gasteiger partial charge on any atom is 0.241 e. The van der Waals surface area contributed by atoms with E-state index in [0.717, 1.165) is 11.1 Å². The second kappa shape index (κ2) is 6.30. The molecule has 0 unspecified atom stereocenters. The highest BCUT2D eigenvalue weighted by molar-refractivity contribution is 5.94. The van der Waals surface area contributed by atoms with E-state index in [1.54, 1.807) is 17.0 Å². The molecule has 0 saturated carbocycles. The summed E-state index contributed by atoms with van der Waals surface area (Å²) in [6, 6.07) is 13.7. The third kappa shape index (κ3) is 3.42.